The number of hydrogen-bond donors (Lipinski definition) is 4. The van der Waals surface area contributed by atoms with Crippen LogP contribution in [-0.4, -0.2) is 38.1 Å². The molecule has 0 aromatic carbocycles. The van der Waals surface area contributed by atoms with E-state index in [-0.39, 0.29) is 16.5 Å². The number of rotatable bonds is 4. The molecule has 0 saturated heterocycles. The van der Waals surface area contributed by atoms with Gasteiger partial charge >= 0.3 is 5.97 Å². The lowest BCUT2D eigenvalue weighted by molar-refractivity contribution is 0.0334. The van der Waals surface area contributed by atoms with E-state index in [0.29, 0.717) is 0 Å². The average molecular weight is 235 g/mol. The van der Waals surface area contributed by atoms with E-state index in [9.17, 15) is 15.0 Å². The Hall–Kier alpha value is -0.630. The van der Waals surface area contributed by atoms with Crippen LogP contribution in [0.25, 0.3) is 0 Å². The number of thiazole rings is 1. The third-order valence-electron chi connectivity index (χ3n) is 1.55. The second kappa shape index (κ2) is 4.74. The summed E-state index contributed by atoms with van der Waals surface area (Å²) in [7, 11) is 0. The molecule has 0 aliphatic rings. The molecule has 0 fully saturated rings. The molecule has 0 aliphatic heterocycles. The minimum absolute atomic E-state index is 0.0865. The van der Waals surface area contributed by atoms with Gasteiger partial charge < -0.3 is 15.3 Å². The van der Waals surface area contributed by atoms with Crippen molar-refractivity contribution in [2.24, 2.45) is 0 Å². The Labute approximate surface area is 89.5 Å². The summed E-state index contributed by atoms with van der Waals surface area (Å²) in [5.41, 5.74) is -0.129. The Bertz CT molecular complexity index is 327. The van der Waals surface area contributed by atoms with Crippen molar-refractivity contribution in [2.75, 3.05) is 5.75 Å². The molecule has 1 rings (SSSR count). The number of aliphatic hydroxyl groups excluding tert-OH is 2. The molecule has 0 bridgehead atoms. The Balaban J connectivity index is 2.81. The van der Waals surface area contributed by atoms with Crippen LogP contribution in [0.3, 0.4) is 0 Å². The van der Waals surface area contributed by atoms with E-state index in [0.717, 1.165) is 11.3 Å². The fraction of sp³-hybridized carbons (Fsp3) is 0.429. The summed E-state index contributed by atoms with van der Waals surface area (Å²) in [4.78, 5) is 14.1. The molecule has 2 atom stereocenters. The molecule has 0 amide bonds. The molecule has 1 heterocycles. The van der Waals surface area contributed by atoms with Gasteiger partial charge in [0.1, 0.15) is 11.1 Å². The smallest absolute Gasteiger partial charge is 0.355 e. The highest BCUT2D eigenvalue weighted by atomic mass is 32.1. The largest absolute Gasteiger partial charge is 0.476 e. The maximum atomic E-state index is 10.5. The molecule has 2 unspecified atom stereocenters. The number of aromatic carboxylic acids is 1. The van der Waals surface area contributed by atoms with Crippen LogP contribution >= 0.6 is 24.0 Å². The summed E-state index contributed by atoms with van der Waals surface area (Å²) in [6.45, 7) is 0. The van der Waals surface area contributed by atoms with Crippen LogP contribution in [0.4, 0.5) is 0 Å². The zero-order valence-electron chi connectivity index (χ0n) is 6.99. The topological polar surface area (TPSA) is 90.7 Å². The zero-order valence-corrected chi connectivity index (χ0v) is 8.70. The number of aromatic nitrogens is 1. The molecule has 0 radical (unpaired) electrons. The molecule has 78 valence electrons. The van der Waals surface area contributed by atoms with E-state index in [1.54, 1.807) is 0 Å². The molecule has 5 nitrogen and oxygen atoms in total. The second-order valence-electron chi connectivity index (χ2n) is 2.57. The van der Waals surface area contributed by atoms with Gasteiger partial charge in [0.05, 0.1) is 6.10 Å². The highest BCUT2D eigenvalue weighted by Crippen LogP contribution is 2.21. The summed E-state index contributed by atoms with van der Waals surface area (Å²) >= 11 is 4.80. The molecule has 1 aromatic rings. The van der Waals surface area contributed by atoms with E-state index in [2.05, 4.69) is 17.6 Å². The minimum atomic E-state index is -1.18. The van der Waals surface area contributed by atoms with Crippen molar-refractivity contribution in [3.8, 4) is 0 Å². The van der Waals surface area contributed by atoms with Gasteiger partial charge in [0, 0.05) is 11.1 Å². The van der Waals surface area contributed by atoms with Gasteiger partial charge in [-0.05, 0) is 0 Å². The number of nitrogens with zero attached hydrogens (tertiary/aromatic N) is 1. The standard InChI is InChI=1S/C7H9NO4S2/c9-4(1-13)5(10)6-8-3(2-14-6)7(11)12/h2,4-5,9-10,13H,1H2,(H,11,12). The Morgan fingerprint density at radius 2 is 2.29 bits per heavy atom. The van der Waals surface area contributed by atoms with Gasteiger partial charge in [-0.25, -0.2) is 9.78 Å². The van der Waals surface area contributed by atoms with Crippen LogP contribution in [-0.2, 0) is 0 Å². The Kier molecular flexibility index (Phi) is 3.87. The molecule has 14 heavy (non-hydrogen) atoms. The number of carboxylic acid groups (broad SMARTS) is 1. The first kappa shape index (κ1) is 11.4. The highest BCUT2D eigenvalue weighted by Gasteiger charge is 2.21. The van der Waals surface area contributed by atoms with Crippen LogP contribution < -0.4 is 0 Å². The van der Waals surface area contributed by atoms with E-state index in [1.807, 2.05) is 0 Å². The molecule has 7 heteroatoms. The Morgan fingerprint density at radius 3 is 2.71 bits per heavy atom. The van der Waals surface area contributed by atoms with Crippen molar-refractivity contribution in [1.29, 1.82) is 0 Å². The first-order valence-corrected chi connectivity index (χ1v) is 5.23. The van der Waals surface area contributed by atoms with Crippen molar-refractivity contribution in [2.45, 2.75) is 12.2 Å². The maximum Gasteiger partial charge on any atom is 0.355 e. The van der Waals surface area contributed by atoms with Crippen LogP contribution in [0.2, 0.25) is 0 Å². The maximum absolute atomic E-state index is 10.5. The zero-order chi connectivity index (χ0) is 10.7. The lowest BCUT2D eigenvalue weighted by Crippen LogP contribution is -2.19. The van der Waals surface area contributed by atoms with E-state index in [4.69, 9.17) is 5.11 Å². The average Bonchev–Trinajstić information content (AvgIpc) is 2.64. The highest BCUT2D eigenvalue weighted by molar-refractivity contribution is 7.80. The monoisotopic (exact) mass is 235 g/mol. The summed E-state index contributed by atoms with van der Waals surface area (Å²) in [6, 6.07) is 0. The fourth-order valence-electron chi connectivity index (χ4n) is 0.786. The fourth-order valence-corrected chi connectivity index (χ4v) is 1.82. The summed E-state index contributed by atoms with van der Waals surface area (Å²) < 4.78 is 0. The van der Waals surface area contributed by atoms with E-state index in [1.165, 1.54) is 5.38 Å². The molecule has 0 aliphatic carbocycles. The van der Waals surface area contributed by atoms with Gasteiger partial charge in [0.15, 0.2) is 5.69 Å². The van der Waals surface area contributed by atoms with Gasteiger partial charge in [0.2, 0.25) is 0 Å². The lowest BCUT2D eigenvalue weighted by Gasteiger charge is -2.12. The lowest BCUT2D eigenvalue weighted by atomic mass is 10.2. The summed E-state index contributed by atoms with van der Waals surface area (Å²) in [5.74, 6) is -1.07. The van der Waals surface area contributed by atoms with E-state index >= 15 is 0 Å². The first-order valence-electron chi connectivity index (χ1n) is 3.72. The van der Waals surface area contributed by atoms with Crippen molar-refractivity contribution >= 4 is 29.9 Å². The Morgan fingerprint density at radius 1 is 1.64 bits per heavy atom. The molecular formula is C7H9NO4S2. The van der Waals surface area contributed by atoms with Crippen molar-refractivity contribution in [3.05, 3.63) is 16.1 Å². The van der Waals surface area contributed by atoms with Gasteiger partial charge in [-0.1, -0.05) is 0 Å². The second-order valence-corrected chi connectivity index (χ2v) is 3.83. The number of aliphatic hydroxyl groups is 2. The molecule has 3 N–H and O–H groups in total. The van der Waals surface area contributed by atoms with Crippen molar-refractivity contribution < 1.29 is 20.1 Å². The van der Waals surface area contributed by atoms with Crippen LogP contribution in [0.5, 0.6) is 0 Å². The van der Waals surface area contributed by atoms with Crippen LogP contribution in [0.1, 0.15) is 21.6 Å². The predicted octanol–water partition coefficient (Wildman–Crippen LogP) is 0.165. The van der Waals surface area contributed by atoms with Crippen LogP contribution in [0.15, 0.2) is 5.38 Å². The quantitative estimate of drug-likeness (QED) is 0.558. The number of hydrogen-bond acceptors (Lipinski definition) is 6. The predicted molar refractivity (Wildman–Crippen MR) is 53.9 cm³/mol. The third-order valence-corrected chi connectivity index (χ3v) is 2.84. The van der Waals surface area contributed by atoms with Crippen molar-refractivity contribution in [1.82, 2.24) is 4.98 Å². The van der Waals surface area contributed by atoms with Gasteiger partial charge in [-0.15, -0.1) is 11.3 Å². The minimum Gasteiger partial charge on any atom is -0.476 e. The normalized spacial score (nSPS) is 15.1. The van der Waals surface area contributed by atoms with Gasteiger partial charge in [-0.3, -0.25) is 0 Å². The number of carboxylic acids is 1. The number of carbonyl (C=O) groups is 1. The van der Waals surface area contributed by atoms with Crippen molar-refractivity contribution in [3.63, 3.8) is 0 Å². The molecule has 1 aromatic heterocycles. The third kappa shape index (κ3) is 2.44. The van der Waals surface area contributed by atoms with E-state index < -0.39 is 18.2 Å². The molecule has 0 spiro atoms. The number of thiol groups is 1. The van der Waals surface area contributed by atoms with Crippen LogP contribution in [0, 0.1) is 0 Å². The SMILES string of the molecule is O=C(O)c1csc(C(O)C(O)CS)n1. The first-order chi connectivity index (χ1) is 6.56. The summed E-state index contributed by atoms with van der Waals surface area (Å²) in [6.07, 6.45) is -2.21. The summed E-state index contributed by atoms with van der Waals surface area (Å²) in [5, 5.41) is 28.7. The molecular weight excluding hydrogens is 226 g/mol. The molecule has 0 saturated carbocycles. The van der Waals surface area contributed by atoms with Gasteiger partial charge in [-0.2, -0.15) is 12.6 Å². The van der Waals surface area contributed by atoms with Gasteiger partial charge in [0.25, 0.3) is 0 Å².